The van der Waals surface area contributed by atoms with E-state index in [1.165, 1.54) is 0 Å². The Kier molecular flexibility index (Phi) is 2.28. The van der Waals surface area contributed by atoms with E-state index in [1.807, 2.05) is 6.92 Å². The molecule has 1 aliphatic heterocycles. The van der Waals surface area contributed by atoms with Crippen LogP contribution in [-0.2, 0) is 13.0 Å². The summed E-state index contributed by atoms with van der Waals surface area (Å²) in [5, 5.41) is 16.8. The Hall–Kier alpha value is -0.940. The van der Waals surface area contributed by atoms with E-state index in [9.17, 15) is 0 Å². The molecule has 13 heavy (non-hydrogen) atoms. The molecule has 0 aromatic carbocycles. The minimum Gasteiger partial charge on any atom is -0.424 e. The minimum atomic E-state index is -0.173. The van der Waals surface area contributed by atoms with E-state index < -0.39 is 0 Å². The first-order valence-corrected chi connectivity index (χ1v) is 4.49. The second kappa shape index (κ2) is 3.43. The van der Waals surface area contributed by atoms with Gasteiger partial charge in [0.1, 0.15) is 0 Å². The van der Waals surface area contributed by atoms with Gasteiger partial charge in [-0.05, 0) is 0 Å². The third-order valence-corrected chi connectivity index (χ3v) is 2.11. The summed E-state index contributed by atoms with van der Waals surface area (Å²) >= 11 is 0. The van der Waals surface area contributed by atoms with Crippen LogP contribution in [0.15, 0.2) is 4.42 Å². The third kappa shape index (κ3) is 1.87. The van der Waals surface area contributed by atoms with Gasteiger partial charge in [0.25, 0.3) is 0 Å². The van der Waals surface area contributed by atoms with Crippen molar-refractivity contribution in [2.24, 2.45) is 0 Å². The molecular formula is C8H13N3O2. The number of aryl methyl sites for hydroxylation is 1. The Labute approximate surface area is 76.4 Å². The molecule has 1 N–H and O–H groups in total. The first-order chi connectivity index (χ1) is 6.28. The van der Waals surface area contributed by atoms with Crippen LogP contribution in [0.25, 0.3) is 0 Å². The number of nitrogens with zero attached hydrogens (tertiary/aromatic N) is 3. The lowest BCUT2D eigenvalue weighted by Crippen LogP contribution is -2.49. The lowest BCUT2D eigenvalue weighted by molar-refractivity contribution is -0.00734. The summed E-state index contributed by atoms with van der Waals surface area (Å²) in [4.78, 5) is 2.07. The van der Waals surface area contributed by atoms with Gasteiger partial charge in [0.15, 0.2) is 0 Å². The summed E-state index contributed by atoms with van der Waals surface area (Å²) in [6, 6.07) is 0. The van der Waals surface area contributed by atoms with Crippen molar-refractivity contribution in [2.75, 3.05) is 13.1 Å². The summed E-state index contributed by atoms with van der Waals surface area (Å²) in [7, 11) is 0. The van der Waals surface area contributed by atoms with E-state index in [0.29, 0.717) is 31.4 Å². The SMILES string of the molecule is CCc1nnc(CN2CC(O)C2)o1. The van der Waals surface area contributed by atoms with Gasteiger partial charge in [-0.25, -0.2) is 0 Å². The Morgan fingerprint density at radius 3 is 2.69 bits per heavy atom. The average Bonchev–Trinajstić information content (AvgIpc) is 2.50. The van der Waals surface area contributed by atoms with Crippen LogP contribution in [0.5, 0.6) is 0 Å². The van der Waals surface area contributed by atoms with E-state index in [0.717, 1.165) is 6.42 Å². The predicted molar refractivity (Wildman–Crippen MR) is 45.0 cm³/mol. The van der Waals surface area contributed by atoms with Crippen LogP contribution >= 0.6 is 0 Å². The van der Waals surface area contributed by atoms with Crippen molar-refractivity contribution in [1.29, 1.82) is 0 Å². The molecule has 0 aliphatic carbocycles. The lowest BCUT2D eigenvalue weighted by atomic mass is 10.2. The van der Waals surface area contributed by atoms with Crippen molar-refractivity contribution in [2.45, 2.75) is 26.0 Å². The Bertz CT molecular complexity index is 281. The van der Waals surface area contributed by atoms with Crippen LogP contribution in [0, 0.1) is 0 Å². The molecule has 0 saturated carbocycles. The van der Waals surface area contributed by atoms with E-state index in [4.69, 9.17) is 9.52 Å². The molecule has 0 spiro atoms. The molecule has 0 amide bonds. The largest absolute Gasteiger partial charge is 0.424 e. The number of hydrogen-bond donors (Lipinski definition) is 1. The zero-order valence-electron chi connectivity index (χ0n) is 7.60. The Morgan fingerprint density at radius 1 is 1.46 bits per heavy atom. The molecule has 1 fully saturated rings. The van der Waals surface area contributed by atoms with Crippen molar-refractivity contribution in [3.8, 4) is 0 Å². The van der Waals surface area contributed by atoms with Crippen LogP contribution in [0.1, 0.15) is 18.7 Å². The molecule has 0 unspecified atom stereocenters. The van der Waals surface area contributed by atoms with E-state index in [2.05, 4.69) is 15.1 Å². The van der Waals surface area contributed by atoms with Gasteiger partial charge in [-0.15, -0.1) is 10.2 Å². The predicted octanol–water partition coefficient (Wildman–Crippen LogP) is -0.192. The van der Waals surface area contributed by atoms with Gasteiger partial charge in [-0.1, -0.05) is 6.92 Å². The van der Waals surface area contributed by atoms with Crippen LogP contribution < -0.4 is 0 Å². The number of aliphatic hydroxyl groups excluding tert-OH is 1. The summed E-state index contributed by atoms with van der Waals surface area (Å²) in [6.45, 7) is 4.06. The molecule has 1 aromatic heterocycles. The maximum absolute atomic E-state index is 9.04. The summed E-state index contributed by atoms with van der Waals surface area (Å²) in [6.07, 6.45) is 0.601. The molecule has 2 heterocycles. The van der Waals surface area contributed by atoms with Crippen LogP contribution in [-0.4, -0.2) is 39.4 Å². The highest BCUT2D eigenvalue weighted by Gasteiger charge is 2.25. The second-order valence-electron chi connectivity index (χ2n) is 3.29. The molecule has 1 aliphatic rings. The molecule has 0 bridgehead atoms. The zero-order chi connectivity index (χ0) is 9.26. The van der Waals surface area contributed by atoms with Crippen molar-refractivity contribution in [3.63, 3.8) is 0 Å². The molecule has 2 rings (SSSR count). The van der Waals surface area contributed by atoms with Crippen LogP contribution in [0.3, 0.4) is 0 Å². The van der Waals surface area contributed by atoms with Gasteiger partial charge in [0, 0.05) is 19.5 Å². The highest BCUT2D eigenvalue weighted by molar-refractivity contribution is 4.86. The van der Waals surface area contributed by atoms with Crippen molar-refractivity contribution >= 4 is 0 Å². The summed E-state index contributed by atoms with van der Waals surface area (Å²) < 4.78 is 5.33. The molecule has 0 radical (unpaired) electrons. The van der Waals surface area contributed by atoms with Gasteiger partial charge in [-0.3, -0.25) is 4.90 Å². The van der Waals surface area contributed by atoms with Crippen molar-refractivity contribution < 1.29 is 9.52 Å². The minimum absolute atomic E-state index is 0.173. The topological polar surface area (TPSA) is 62.4 Å². The smallest absolute Gasteiger partial charge is 0.230 e. The summed E-state index contributed by atoms with van der Waals surface area (Å²) in [5.74, 6) is 1.32. The fourth-order valence-electron chi connectivity index (χ4n) is 1.36. The van der Waals surface area contributed by atoms with Crippen molar-refractivity contribution in [3.05, 3.63) is 11.8 Å². The monoisotopic (exact) mass is 183 g/mol. The fraction of sp³-hybridized carbons (Fsp3) is 0.750. The van der Waals surface area contributed by atoms with Gasteiger partial charge < -0.3 is 9.52 Å². The first-order valence-electron chi connectivity index (χ1n) is 4.49. The third-order valence-electron chi connectivity index (χ3n) is 2.11. The Morgan fingerprint density at radius 2 is 2.15 bits per heavy atom. The first kappa shape index (κ1) is 8.65. The number of aliphatic hydroxyl groups is 1. The number of β-amino-alcohol motifs (C(OH)–C–C–N with tert-alkyl or cyclic N) is 1. The van der Waals surface area contributed by atoms with E-state index in [-0.39, 0.29) is 6.10 Å². The van der Waals surface area contributed by atoms with E-state index in [1.54, 1.807) is 0 Å². The quantitative estimate of drug-likeness (QED) is 0.703. The normalized spacial score (nSPS) is 18.9. The standard InChI is InChI=1S/C8H13N3O2/c1-2-7-9-10-8(13-7)5-11-3-6(12)4-11/h6,12H,2-5H2,1H3. The van der Waals surface area contributed by atoms with Gasteiger partial charge in [0.05, 0.1) is 12.6 Å². The number of likely N-dealkylation sites (tertiary alicyclic amines) is 1. The molecule has 1 saturated heterocycles. The van der Waals surface area contributed by atoms with Crippen molar-refractivity contribution in [1.82, 2.24) is 15.1 Å². The number of aromatic nitrogens is 2. The maximum Gasteiger partial charge on any atom is 0.230 e. The number of hydrogen-bond acceptors (Lipinski definition) is 5. The molecular weight excluding hydrogens is 170 g/mol. The second-order valence-corrected chi connectivity index (χ2v) is 3.29. The van der Waals surface area contributed by atoms with Crippen LogP contribution in [0.2, 0.25) is 0 Å². The molecule has 1 aromatic rings. The van der Waals surface area contributed by atoms with Gasteiger partial charge >= 0.3 is 0 Å². The highest BCUT2D eigenvalue weighted by Crippen LogP contribution is 2.11. The molecule has 5 nitrogen and oxygen atoms in total. The fourth-order valence-corrected chi connectivity index (χ4v) is 1.36. The average molecular weight is 183 g/mol. The summed E-state index contributed by atoms with van der Waals surface area (Å²) in [5.41, 5.74) is 0. The number of rotatable bonds is 3. The molecule has 5 heteroatoms. The van der Waals surface area contributed by atoms with Gasteiger partial charge in [0.2, 0.25) is 11.8 Å². The molecule has 0 atom stereocenters. The molecule has 72 valence electrons. The van der Waals surface area contributed by atoms with Crippen LogP contribution in [0.4, 0.5) is 0 Å². The Balaban J connectivity index is 1.87. The van der Waals surface area contributed by atoms with E-state index >= 15 is 0 Å². The lowest BCUT2D eigenvalue weighted by Gasteiger charge is -2.34. The zero-order valence-corrected chi connectivity index (χ0v) is 7.60. The van der Waals surface area contributed by atoms with Gasteiger partial charge in [-0.2, -0.15) is 0 Å². The maximum atomic E-state index is 9.04. The highest BCUT2D eigenvalue weighted by atomic mass is 16.4.